The van der Waals surface area contributed by atoms with Gasteiger partial charge in [-0.3, -0.25) is 4.79 Å². The molecule has 2 aromatic carbocycles. The van der Waals surface area contributed by atoms with E-state index in [-0.39, 0.29) is 18.3 Å². The first-order valence-corrected chi connectivity index (χ1v) is 11.6. The van der Waals surface area contributed by atoms with Crippen LogP contribution in [0.1, 0.15) is 37.3 Å². The molecule has 0 aliphatic rings. The van der Waals surface area contributed by atoms with Gasteiger partial charge in [0.25, 0.3) is 0 Å². The molecule has 0 saturated heterocycles. The largest absolute Gasteiger partial charge is 0.489 e. The van der Waals surface area contributed by atoms with E-state index in [4.69, 9.17) is 9.47 Å². The second-order valence-corrected chi connectivity index (χ2v) is 8.41. The number of ether oxygens (including phenoxy) is 2. The van der Waals surface area contributed by atoms with E-state index in [1.54, 1.807) is 36.2 Å². The molecule has 0 spiro atoms. The average Bonchev–Trinajstić information content (AvgIpc) is 3.43. The molecule has 0 amide bonds. The Morgan fingerprint density at radius 3 is 2.73 bits per heavy atom. The van der Waals surface area contributed by atoms with Gasteiger partial charge in [0, 0.05) is 28.1 Å². The number of hydrogen-bond donors (Lipinski definition) is 0. The number of hydrogen-bond acceptors (Lipinski definition) is 6. The molecule has 0 saturated carbocycles. The van der Waals surface area contributed by atoms with Crippen LogP contribution in [0.4, 0.5) is 0 Å². The molecule has 0 N–H and O–H groups in total. The molecule has 0 aliphatic heterocycles. The fourth-order valence-corrected chi connectivity index (χ4v) is 4.57. The Bertz CT molecular complexity index is 1310. The number of esters is 1. The normalized spacial score (nSPS) is 11.6. The first-order chi connectivity index (χ1) is 16.1. The molecular weight excluding hydrogens is 434 g/mol. The summed E-state index contributed by atoms with van der Waals surface area (Å²) in [4.78, 5) is 16.3. The second kappa shape index (κ2) is 10.3. The van der Waals surface area contributed by atoms with E-state index < -0.39 is 0 Å². The maximum Gasteiger partial charge on any atom is 0.307 e. The summed E-state index contributed by atoms with van der Waals surface area (Å²) in [5, 5.41) is 7.45. The molecule has 0 fully saturated rings. The third-order valence-corrected chi connectivity index (χ3v) is 6.24. The lowest BCUT2D eigenvalue weighted by atomic mass is 9.96. The highest BCUT2D eigenvalue weighted by Gasteiger charge is 2.15. The molecule has 7 heteroatoms. The summed E-state index contributed by atoms with van der Waals surface area (Å²) in [6.45, 7) is 4.40. The Morgan fingerprint density at radius 1 is 1.21 bits per heavy atom. The number of carbonyl (C=O) groups excluding carboxylic acids is 1. The Labute approximate surface area is 197 Å². The first kappa shape index (κ1) is 22.6. The molecule has 1 atom stereocenters. The van der Waals surface area contributed by atoms with E-state index in [0.29, 0.717) is 13.2 Å². The van der Waals surface area contributed by atoms with Crippen LogP contribution in [0.25, 0.3) is 21.5 Å². The minimum absolute atomic E-state index is 0.192. The van der Waals surface area contributed by atoms with Gasteiger partial charge in [-0.25, -0.2) is 9.67 Å². The van der Waals surface area contributed by atoms with E-state index in [0.717, 1.165) is 33.7 Å². The maximum atomic E-state index is 11.9. The zero-order valence-corrected chi connectivity index (χ0v) is 19.7. The van der Waals surface area contributed by atoms with Crippen LogP contribution in [-0.2, 0) is 23.2 Å². The molecule has 0 bridgehead atoms. The van der Waals surface area contributed by atoms with Crippen molar-refractivity contribution in [1.82, 2.24) is 14.8 Å². The van der Waals surface area contributed by atoms with E-state index in [9.17, 15) is 4.79 Å². The molecular formula is C26H25N3O3S. The van der Waals surface area contributed by atoms with Crippen LogP contribution in [0.15, 0.2) is 54.2 Å². The Balaban J connectivity index is 1.46. The molecule has 4 rings (SSSR count). The third-order valence-electron chi connectivity index (χ3n) is 5.27. The molecule has 2 heterocycles. The van der Waals surface area contributed by atoms with Crippen LogP contribution >= 0.6 is 11.3 Å². The van der Waals surface area contributed by atoms with Crippen molar-refractivity contribution in [3.05, 3.63) is 65.3 Å². The highest BCUT2D eigenvalue weighted by atomic mass is 32.1. The van der Waals surface area contributed by atoms with Crippen molar-refractivity contribution >= 4 is 27.4 Å². The Kier molecular flexibility index (Phi) is 7.06. The number of carbonyl (C=O) groups is 1. The van der Waals surface area contributed by atoms with Crippen molar-refractivity contribution in [1.29, 1.82) is 0 Å². The molecule has 0 unspecified atom stereocenters. The molecule has 4 aromatic rings. The quantitative estimate of drug-likeness (QED) is 0.263. The fourth-order valence-electron chi connectivity index (χ4n) is 3.66. The maximum absolute atomic E-state index is 11.9. The highest BCUT2D eigenvalue weighted by molar-refractivity contribution is 7.17. The van der Waals surface area contributed by atoms with Crippen molar-refractivity contribution in [3.63, 3.8) is 0 Å². The van der Waals surface area contributed by atoms with Gasteiger partial charge in [0.05, 0.1) is 18.9 Å². The van der Waals surface area contributed by atoms with Crippen LogP contribution in [0, 0.1) is 11.8 Å². The first-order valence-electron chi connectivity index (χ1n) is 10.7. The van der Waals surface area contributed by atoms with E-state index in [1.807, 2.05) is 31.3 Å². The monoisotopic (exact) mass is 459 g/mol. The number of nitrogens with zero attached hydrogens (tertiary/aromatic N) is 3. The van der Waals surface area contributed by atoms with Crippen LogP contribution in [0.5, 0.6) is 5.75 Å². The van der Waals surface area contributed by atoms with E-state index in [2.05, 4.69) is 45.5 Å². The average molecular weight is 460 g/mol. The number of fused-ring (bicyclic) bond motifs is 1. The number of thiophene rings is 1. The lowest BCUT2D eigenvalue weighted by Gasteiger charge is -2.12. The van der Waals surface area contributed by atoms with Crippen molar-refractivity contribution in [2.45, 2.75) is 32.8 Å². The second-order valence-electron chi connectivity index (χ2n) is 7.50. The standard InChI is InChI=1S/C26H25N3O3S/c1-4-6-20(14-25(30)31-5-2)19-8-10-21(11-9-19)32-15-18-7-12-24-22(13-18)23(16-33-24)26-27-17-28-29(26)3/h7-13,16-17,20H,5,14-15H2,1-3H3/t20-/m0/s1. The van der Waals surface area contributed by atoms with Gasteiger partial charge in [-0.2, -0.15) is 5.10 Å². The minimum Gasteiger partial charge on any atom is -0.489 e. The molecule has 33 heavy (non-hydrogen) atoms. The van der Waals surface area contributed by atoms with Gasteiger partial charge in [0.15, 0.2) is 5.82 Å². The molecule has 6 nitrogen and oxygen atoms in total. The van der Waals surface area contributed by atoms with Gasteiger partial charge < -0.3 is 9.47 Å². The van der Waals surface area contributed by atoms with Gasteiger partial charge in [-0.15, -0.1) is 17.3 Å². The lowest BCUT2D eigenvalue weighted by molar-refractivity contribution is -0.143. The lowest BCUT2D eigenvalue weighted by Crippen LogP contribution is -2.09. The van der Waals surface area contributed by atoms with Crippen molar-refractivity contribution < 1.29 is 14.3 Å². The third kappa shape index (κ3) is 5.24. The number of rotatable bonds is 8. The highest BCUT2D eigenvalue weighted by Crippen LogP contribution is 2.33. The van der Waals surface area contributed by atoms with E-state index >= 15 is 0 Å². The van der Waals surface area contributed by atoms with Crippen LogP contribution < -0.4 is 4.74 Å². The SMILES string of the molecule is CC#C[C@@H](CC(=O)OCC)c1ccc(OCc2ccc3scc(-c4ncnn4C)c3c2)cc1. The van der Waals surface area contributed by atoms with Crippen molar-refractivity contribution in [2.24, 2.45) is 7.05 Å². The predicted octanol–water partition coefficient (Wildman–Crippen LogP) is 5.34. The molecule has 168 valence electrons. The van der Waals surface area contributed by atoms with E-state index in [1.165, 1.54) is 4.70 Å². The number of benzene rings is 2. The minimum atomic E-state index is -0.241. The molecule has 0 radical (unpaired) electrons. The van der Waals surface area contributed by atoms with Gasteiger partial charge in [0.2, 0.25) is 0 Å². The summed E-state index contributed by atoms with van der Waals surface area (Å²) >= 11 is 1.69. The zero-order chi connectivity index (χ0) is 23.2. The summed E-state index contributed by atoms with van der Waals surface area (Å²) in [7, 11) is 1.89. The van der Waals surface area contributed by atoms with Crippen LogP contribution in [0.3, 0.4) is 0 Å². The summed E-state index contributed by atoms with van der Waals surface area (Å²) in [6, 6.07) is 14.1. The predicted molar refractivity (Wildman–Crippen MR) is 130 cm³/mol. The number of aromatic nitrogens is 3. The van der Waals surface area contributed by atoms with Crippen LogP contribution in [-0.4, -0.2) is 27.3 Å². The van der Waals surface area contributed by atoms with Gasteiger partial charge in [0.1, 0.15) is 18.7 Å². The molecule has 2 aromatic heterocycles. The topological polar surface area (TPSA) is 66.2 Å². The van der Waals surface area contributed by atoms with Gasteiger partial charge in [-0.1, -0.05) is 24.1 Å². The summed E-state index contributed by atoms with van der Waals surface area (Å²) < 4.78 is 14.1. The van der Waals surface area contributed by atoms with Crippen molar-refractivity contribution in [3.8, 4) is 29.0 Å². The fraction of sp³-hybridized carbons (Fsp3) is 0.269. The van der Waals surface area contributed by atoms with Crippen LogP contribution in [0.2, 0.25) is 0 Å². The molecule has 0 aliphatic carbocycles. The van der Waals surface area contributed by atoms with Crippen molar-refractivity contribution in [2.75, 3.05) is 6.61 Å². The van der Waals surface area contributed by atoms with Gasteiger partial charge >= 0.3 is 5.97 Å². The Morgan fingerprint density at radius 2 is 2.03 bits per heavy atom. The van der Waals surface area contributed by atoms with Gasteiger partial charge in [-0.05, 0) is 49.2 Å². The summed E-state index contributed by atoms with van der Waals surface area (Å²) in [6.07, 6.45) is 1.81. The smallest absolute Gasteiger partial charge is 0.307 e. The summed E-state index contributed by atoms with van der Waals surface area (Å²) in [5.74, 6) is 7.18. The number of aryl methyl sites for hydroxylation is 1. The zero-order valence-electron chi connectivity index (χ0n) is 18.9. The Hall–Kier alpha value is -3.63. The summed E-state index contributed by atoms with van der Waals surface area (Å²) in [5.41, 5.74) is 3.12.